The quantitative estimate of drug-likeness (QED) is 0.513. The van der Waals surface area contributed by atoms with E-state index in [9.17, 15) is 0 Å². The summed E-state index contributed by atoms with van der Waals surface area (Å²) in [6.07, 6.45) is 0. The van der Waals surface area contributed by atoms with Crippen LogP contribution in [0.15, 0.2) is 12.1 Å². The zero-order valence-corrected chi connectivity index (χ0v) is 13.7. The van der Waals surface area contributed by atoms with E-state index in [-0.39, 0.29) is 48.9 Å². The van der Waals surface area contributed by atoms with Crippen LogP contribution in [0.5, 0.6) is 5.75 Å². The fourth-order valence-corrected chi connectivity index (χ4v) is 1.05. The molecule has 0 bridgehead atoms. The number of hydrogen-bond acceptors (Lipinski definition) is 1. The summed E-state index contributed by atoms with van der Waals surface area (Å²) in [5.41, 5.74) is 0. The van der Waals surface area contributed by atoms with E-state index in [0.717, 1.165) is 0 Å². The van der Waals surface area contributed by atoms with Gasteiger partial charge in [0.1, 0.15) is 10.8 Å². The molecule has 0 saturated heterocycles. The first-order valence-electron chi connectivity index (χ1n) is 2.45. The molecular weight excluding hydrogens is 411 g/mol. The molecule has 2 nitrogen and oxygen atoms in total. The Bertz CT molecular complexity index is 240. The zero-order chi connectivity index (χ0) is 7.72. The molecule has 0 aliphatic heterocycles. The van der Waals surface area contributed by atoms with Crippen molar-refractivity contribution in [3.63, 3.8) is 0 Å². The van der Waals surface area contributed by atoms with Gasteiger partial charge in [0.25, 0.3) is 0 Å². The van der Waals surface area contributed by atoms with Gasteiger partial charge in [-0.2, -0.15) is 0 Å². The Morgan fingerprint density at radius 3 is 1.92 bits per heavy atom. The molecule has 12 heavy (non-hydrogen) atoms. The SMILES string of the molecule is O.Oc1ccc(Cl)c(Cl)c1Cl.[Hg]. The Hall–Kier alpha value is 0.785. The van der Waals surface area contributed by atoms with E-state index < -0.39 is 0 Å². The van der Waals surface area contributed by atoms with Crippen molar-refractivity contribution in [2.24, 2.45) is 0 Å². The first kappa shape index (κ1) is 15.3. The summed E-state index contributed by atoms with van der Waals surface area (Å²) in [6, 6.07) is 2.86. The van der Waals surface area contributed by atoms with Crippen LogP contribution in [0.4, 0.5) is 0 Å². The molecule has 6 heteroatoms. The summed E-state index contributed by atoms with van der Waals surface area (Å²) in [5.74, 6) is -0.0592. The molecule has 0 heterocycles. The Labute approximate surface area is 105 Å². The van der Waals surface area contributed by atoms with Gasteiger partial charge in [0.15, 0.2) is 0 Å². The van der Waals surface area contributed by atoms with Gasteiger partial charge in [0, 0.05) is 27.7 Å². The van der Waals surface area contributed by atoms with Crippen molar-refractivity contribution in [3.8, 4) is 5.75 Å². The second kappa shape index (κ2) is 6.27. The molecule has 1 rings (SSSR count). The van der Waals surface area contributed by atoms with Gasteiger partial charge in [-0.1, -0.05) is 34.8 Å². The Morgan fingerprint density at radius 1 is 1.00 bits per heavy atom. The van der Waals surface area contributed by atoms with Crippen LogP contribution in [0.2, 0.25) is 15.1 Å². The van der Waals surface area contributed by atoms with Crippen LogP contribution in [0, 0.1) is 0 Å². The predicted molar refractivity (Wildman–Crippen MR) is 46.8 cm³/mol. The van der Waals surface area contributed by atoms with Crippen LogP contribution in [-0.2, 0) is 27.7 Å². The maximum Gasteiger partial charge on any atom is 0.135 e. The number of rotatable bonds is 0. The molecule has 0 aliphatic rings. The van der Waals surface area contributed by atoms with Crippen molar-refractivity contribution in [1.82, 2.24) is 0 Å². The second-order valence-corrected chi connectivity index (χ2v) is 2.86. The third kappa shape index (κ3) is 3.26. The van der Waals surface area contributed by atoms with E-state index in [0.29, 0.717) is 5.02 Å². The van der Waals surface area contributed by atoms with Crippen LogP contribution in [0.3, 0.4) is 0 Å². The second-order valence-electron chi connectivity index (χ2n) is 1.69. The van der Waals surface area contributed by atoms with E-state index in [1.165, 1.54) is 12.1 Å². The summed E-state index contributed by atoms with van der Waals surface area (Å²) < 4.78 is 0. The summed E-state index contributed by atoms with van der Waals surface area (Å²) in [6.45, 7) is 0. The monoisotopic (exact) mass is 416 g/mol. The molecule has 64 valence electrons. The van der Waals surface area contributed by atoms with Crippen molar-refractivity contribution in [1.29, 1.82) is 0 Å². The predicted octanol–water partition coefficient (Wildman–Crippen LogP) is 2.53. The van der Waals surface area contributed by atoms with Crippen LogP contribution in [0.25, 0.3) is 0 Å². The third-order valence-electron chi connectivity index (χ3n) is 1.01. The topological polar surface area (TPSA) is 51.7 Å². The molecule has 1 aromatic rings. The minimum atomic E-state index is -0.0592. The number of hydrogen-bond donors (Lipinski definition) is 1. The van der Waals surface area contributed by atoms with Gasteiger partial charge in [0.05, 0.1) is 10.0 Å². The van der Waals surface area contributed by atoms with Gasteiger partial charge in [-0.05, 0) is 12.1 Å². The van der Waals surface area contributed by atoms with Gasteiger partial charge >= 0.3 is 0 Å². The standard InChI is InChI=1S/C6H3Cl3O.Hg.H2O/c7-3-1-2-4(10)6(9)5(3)8;;/h1-2,10H;;1H2. The summed E-state index contributed by atoms with van der Waals surface area (Å²) in [5, 5.41) is 9.56. The Balaban J connectivity index is 0. The molecule has 0 radical (unpaired) electrons. The third-order valence-corrected chi connectivity index (χ3v) is 2.30. The molecular formula is C6H5Cl3HgO2. The van der Waals surface area contributed by atoms with Crippen LogP contribution < -0.4 is 0 Å². The van der Waals surface area contributed by atoms with Crippen LogP contribution in [0.1, 0.15) is 0 Å². The smallest absolute Gasteiger partial charge is 0.135 e. The maximum absolute atomic E-state index is 8.95. The average Bonchev–Trinajstić information content (AvgIpc) is 1.93. The van der Waals surface area contributed by atoms with E-state index in [4.69, 9.17) is 39.9 Å². The van der Waals surface area contributed by atoms with Crippen molar-refractivity contribution in [2.75, 3.05) is 0 Å². The molecule has 0 aromatic heterocycles. The van der Waals surface area contributed by atoms with E-state index >= 15 is 0 Å². The molecule has 1 aromatic carbocycles. The Morgan fingerprint density at radius 2 is 1.50 bits per heavy atom. The average molecular weight is 416 g/mol. The zero-order valence-electron chi connectivity index (χ0n) is 5.94. The number of phenolic OH excluding ortho intramolecular Hbond substituents is 1. The van der Waals surface area contributed by atoms with Crippen LogP contribution in [-0.4, -0.2) is 10.6 Å². The van der Waals surface area contributed by atoms with Crippen molar-refractivity contribution < 1.29 is 38.3 Å². The molecule has 0 spiro atoms. The van der Waals surface area contributed by atoms with Crippen molar-refractivity contribution in [3.05, 3.63) is 27.2 Å². The van der Waals surface area contributed by atoms with E-state index in [1.54, 1.807) is 0 Å². The summed E-state index contributed by atoms with van der Waals surface area (Å²) in [4.78, 5) is 0. The normalized spacial score (nSPS) is 8.25. The Kier molecular flexibility index (Phi) is 7.98. The maximum atomic E-state index is 8.95. The van der Waals surface area contributed by atoms with Gasteiger partial charge in [0.2, 0.25) is 0 Å². The summed E-state index contributed by atoms with van der Waals surface area (Å²) in [7, 11) is 0. The van der Waals surface area contributed by atoms with Gasteiger partial charge in [-0.15, -0.1) is 0 Å². The fourth-order valence-electron chi connectivity index (χ4n) is 0.516. The van der Waals surface area contributed by atoms with Gasteiger partial charge < -0.3 is 10.6 Å². The minimum absolute atomic E-state index is 0. The minimum Gasteiger partial charge on any atom is -0.506 e. The molecule has 3 N–H and O–H groups in total. The van der Waals surface area contributed by atoms with Crippen molar-refractivity contribution >= 4 is 34.8 Å². The van der Waals surface area contributed by atoms with Gasteiger partial charge in [-0.25, -0.2) is 0 Å². The van der Waals surface area contributed by atoms with E-state index in [2.05, 4.69) is 0 Å². The molecule has 0 aliphatic carbocycles. The molecule has 0 unspecified atom stereocenters. The first-order valence-corrected chi connectivity index (χ1v) is 3.59. The summed E-state index contributed by atoms with van der Waals surface area (Å²) >= 11 is 16.6. The van der Waals surface area contributed by atoms with Crippen molar-refractivity contribution in [2.45, 2.75) is 0 Å². The number of benzene rings is 1. The number of phenols is 1. The molecule has 0 saturated carbocycles. The van der Waals surface area contributed by atoms with Crippen LogP contribution >= 0.6 is 34.8 Å². The van der Waals surface area contributed by atoms with Gasteiger partial charge in [-0.3, -0.25) is 0 Å². The first-order chi connectivity index (χ1) is 4.63. The molecule has 0 fully saturated rings. The number of halogens is 3. The molecule has 0 amide bonds. The fraction of sp³-hybridized carbons (Fsp3) is 0. The largest absolute Gasteiger partial charge is 0.506 e. The number of aromatic hydroxyl groups is 1. The molecule has 0 atom stereocenters. The van der Waals surface area contributed by atoms with E-state index in [1.807, 2.05) is 0 Å².